The Hall–Kier alpha value is -1.75. The molecule has 3 N–H and O–H groups in total. The molecule has 0 fully saturated rings. The van der Waals surface area contributed by atoms with Crippen molar-refractivity contribution >= 4 is 17.4 Å². The molecule has 1 heterocycles. The van der Waals surface area contributed by atoms with E-state index in [0.717, 1.165) is 4.90 Å². The van der Waals surface area contributed by atoms with Gasteiger partial charge in [0.1, 0.15) is 0 Å². The smallest absolute Gasteiger partial charge is 0.251 e. The van der Waals surface area contributed by atoms with Gasteiger partial charge in [-0.25, -0.2) is 4.98 Å². The molecule has 1 aromatic heterocycles. The Morgan fingerprint density at radius 3 is 2.93 bits per heavy atom. The minimum atomic E-state index is -0.156. The Labute approximate surface area is 90.6 Å². The number of nitrogens with zero attached hydrogens (tertiary/aromatic N) is 1. The van der Waals surface area contributed by atoms with Gasteiger partial charge in [0, 0.05) is 22.8 Å². The molecular formula is C10H9N3OS. The van der Waals surface area contributed by atoms with Gasteiger partial charge in [0.2, 0.25) is 0 Å². The van der Waals surface area contributed by atoms with Crippen LogP contribution in [0.2, 0.25) is 0 Å². The maximum absolute atomic E-state index is 11.0. The molecule has 76 valence electrons. The largest absolute Gasteiger partial charge is 0.399 e. The van der Waals surface area contributed by atoms with Gasteiger partial charge in [-0.05, 0) is 18.2 Å². The topological polar surface area (TPSA) is 71.8 Å². The molecule has 0 saturated heterocycles. The van der Waals surface area contributed by atoms with Crippen molar-refractivity contribution in [3.05, 3.63) is 46.9 Å². The minimum absolute atomic E-state index is 0.156. The summed E-state index contributed by atoms with van der Waals surface area (Å²) in [6.07, 6.45) is 1.48. The first-order valence-electron chi connectivity index (χ1n) is 4.33. The number of hydrogen-bond acceptors (Lipinski definition) is 4. The lowest BCUT2D eigenvalue weighted by Gasteiger charge is -2.00. The maximum Gasteiger partial charge on any atom is 0.251 e. The highest BCUT2D eigenvalue weighted by Gasteiger charge is 1.99. The van der Waals surface area contributed by atoms with Crippen LogP contribution in [0.5, 0.6) is 0 Å². The third kappa shape index (κ3) is 2.60. The minimum Gasteiger partial charge on any atom is -0.399 e. The molecule has 0 amide bonds. The lowest BCUT2D eigenvalue weighted by atomic mass is 10.3. The average molecular weight is 219 g/mol. The highest BCUT2D eigenvalue weighted by Crippen LogP contribution is 2.24. The normalized spacial score (nSPS) is 10.1. The molecule has 0 spiro atoms. The molecule has 0 unspecified atom stereocenters. The summed E-state index contributed by atoms with van der Waals surface area (Å²) in [5.74, 6) is 0. The molecular weight excluding hydrogens is 210 g/mol. The van der Waals surface area contributed by atoms with Crippen molar-refractivity contribution < 1.29 is 0 Å². The summed E-state index contributed by atoms with van der Waals surface area (Å²) in [6.45, 7) is 0. The Bertz CT molecular complexity index is 524. The van der Waals surface area contributed by atoms with E-state index in [1.165, 1.54) is 24.0 Å². The van der Waals surface area contributed by atoms with Gasteiger partial charge < -0.3 is 10.7 Å². The summed E-state index contributed by atoms with van der Waals surface area (Å²) >= 11 is 1.37. The summed E-state index contributed by atoms with van der Waals surface area (Å²) < 4.78 is 0. The van der Waals surface area contributed by atoms with E-state index in [0.29, 0.717) is 10.8 Å². The van der Waals surface area contributed by atoms with Crippen LogP contribution in [-0.4, -0.2) is 9.97 Å². The van der Waals surface area contributed by atoms with Gasteiger partial charge in [-0.15, -0.1) is 0 Å². The van der Waals surface area contributed by atoms with Crippen molar-refractivity contribution in [2.24, 2.45) is 0 Å². The van der Waals surface area contributed by atoms with E-state index in [1.807, 2.05) is 24.3 Å². The molecule has 0 aliphatic carbocycles. The Morgan fingerprint density at radius 2 is 2.20 bits per heavy atom. The molecule has 0 radical (unpaired) electrons. The Balaban J connectivity index is 2.26. The van der Waals surface area contributed by atoms with Crippen LogP contribution < -0.4 is 11.3 Å². The molecule has 15 heavy (non-hydrogen) atoms. The van der Waals surface area contributed by atoms with Crippen LogP contribution in [0.3, 0.4) is 0 Å². The van der Waals surface area contributed by atoms with Gasteiger partial charge in [-0.2, -0.15) is 0 Å². The summed E-state index contributed by atoms with van der Waals surface area (Å²) in [5.41, 5.74) is 6.17. The van der Waals surface area contributed by atoms with E-state index < -0.39 is 0 Å². The van der Waals surface area contributed by atoms with E-state index in [4.69, 9.17) is 5.73 Å². The van der Waals surface area contributed by atoms with Crippen molar-refractivity contribution in [2.75, 3.05) is 5.73 Å². The molecule has 5 heteroatoms. The molecule has 2 aromatic rings. The number of H-pyrrole nitrogens is 1. The zero-order valence-corrected chi connectivity index (χ0v) is 8.62. The fourth-order valence-electron chi connectivity index (χ4n) is 1.09. The third-order valence-electron chi connectivity index (χ3n) is 1.72. The van der Waals surface area contributed by atoms with Crippen LogP contribution in [-0.2, 0) is 0 Å². The second kappa shape index (κ2) is 4.18. The quantitative estimate of drug-likeness (QED) is 0.593. The first-order chi connectivity index (χ1) is 7.24. The highest BCUT2D eigenvalue weighted by molar-refractivity contribution is 7.99. The first-order valence-corrected chi connectivity index (χ1v) is 5.14. The fraction of sp³-hybridized carbons (Fsp3) is 0. The Morgan fingerprint density at radius 1 is 1.33 bits per heavy atom. The SMILES string of the molecule is Nc1cccc(Sc2nccc(=O)[nH]2)c1. The highest BCUT2D eigenvalue weighted by atomic mass is 32.2. The molecule has 2 rings (SSSR count). The standard InChI is InChI=1S/C10H9N3OS/c11-7-2-1-3-8(6-7)15-10-12-5-4-9(14)13-10/h1-6H,11H2,(H,12,13,14). The van der Waals surface area contributed by atoms with Gasteiger partial charge in [-0.1, -0.05) is 17.8 Å². The number of anilines is 1. The van der Waals surface area contributed by atoms with E-state index in [1.54, 1.807) is 0 Å². The molecule has 0 aliphatic rings. The zero-order valence-electron chi connectivity index (χ0n) is 7.81. The number of nitrogens with one attached hydrogen (secondary N) is 1. The second-order valence-electron chi connectivity index (χ2n) is 2.91. The Kier molecular flexibility index (Phi) is 2.73. The maximum atomic E-state index is 11.0. The van der Waals surface area contributed by atoms with Crippen LogP contribution in [0.15, 0.2) is 51.4 Å². The lowest BCUT2D eigenvalue weighted by Crippen LogP contribution is -2.04. The van der Waals surface area contributed by atoms with Crippen LogP contribution >= 0.6 is 11.8 Å². The second-order valence-corrected chi connectivity index (χ2v) is 3.98. The fourth-order valence-corrected chi connectivity index (χ4v) is 1.92. The van der Waals surface area contributed by atoms with Crippen molar-refractivity contribution in [1.29, 1.82) is 0 Å². The molecule has 0 aliphatic heterocycles. The number of nitrogens with two attached hydrogens (primary N) is 1. The number of rotatable bonds is 2. The summed E-state index contributed by atoms with van der Waals surface area (Å²) in [4.78, 5) is 18.6. The predicted molar refractivity (Wildman–Crippen MR) is 59.8 cm³/mol. The van der Waals surface area contributed by atoms with Crippen LogP contribution in [0.1, 0.15) is 0 Å². The van der Waals surface area contributed by atoms with Crippen molar-refractivity contribution in [3.63, 3.8) is 0 Å². The van der Waals surface area contributed by atoms with Gasteiger partial charge in [0.15, 0.2) is 5.16 Å². The number of aromatic amines is 1. The lowest BCUT2D eigenvalue weighted by molar-refractivity contribution is 0.937. The van der Waals surface area contributed by atoms with E-state index in [-0.39, 0.29) is 5.56 Å². The molecule has 4 nitrogen and oxygen atoms in total. The molecule has 0 atom stereocenters. The van der Waals surface area contributed by atoms with Gasteiger partial charge in [0.25, 0.3) is 5.56 Å². The van der Waals surface area contributed by atoms with Crippen LogP contribution in [0.25, 0.3) is 0 Å². The molecule has 0 saturated carbocycles. The van der Waals surface area contributed by atoms with Crippen molar-refractivity contribution in [3.8, 4) is 0 Å². The average Bonchev–Trinajstić information content (AvgIpc) is 2.17. The van der Waals surface area contributed by atoms with E-state index >= 15 is 0 Å². The number of hydrogen-bond donors (Lipinski definition) is 2. The van der Waals surface area contributed by atoms with Crippen molar-refractivity contribution in [2.45, 2.75) is 10.1 Å². The third-order valence-corrected chi connectivity index (χ3v) is 2.61. The number of benzene rings is 1. The summed E-state index contributed by atoms with van der Waals surface area (Å²) in [5, 5.41) is 0.563. The number of nitrogen functional groups attached to an aromatic ring is 1. The van der Waals surface area contributed by atoms with E-state index in [9.17, 15) is 4.79 Å². The van der Waals surface area contributed by atoms with Gasteiger partial charge in [0.05, 0.1) is 0 Å². The van der Waals surface area contributed by atoms with Gasteiger partial charge in [-0.3, -0.25) is 4.79 Å². The molecule has 0 bridgehead atoms. The monoisotopic (exact) mass is 219 g/mol. The number of aromatic nitrogens is 2. The molecule has 1 aromatic carbocycles. The van der Waals surface area contributed by atoms with E-state index in [2.05, 4.69) is 9.97 Å². The van der Waals surface area contributed by atoms with Crippen molar-refractivity contribution in [1.82, 2.24) is 9.97 Å². The van der Waals surface area contributed by atoms with Crippen LogP contribution in [0.4, 0.5) is 5.69 Å². The van der Waals surface area contributed by atoms with Gasteiger partial charge >= 0.3 is 0 Å². The van der Waals surface area contributed by atoms with Crippen LogP contribution in [0, 0.1) is 0 Å². The zero-order chi connectivity index (χ0) is 10.7. The first kappa shape index (κ1) is 9.79. The predicted octanol–water partition coefficient (Wildman–Crippen LogP) is 1.50. The summed E-state index contributed by atoms with van der Waals surface area (Å²) in [7, 11) is 0. The summed E-state index contributed by atoms with van der Waals surface area (Å²) in [6, 6.07) is 8.79.